The molecular formula is C23H31FNO3P. The van der Waals surface area contributed by atoms with Crippen molar-refractivity contribution in [3.63, 3.8) is 0 Å². The van der Waals surface area contributed by atoms with Crippen LogP contribution in [-0.2, 0) is 9.05 Å². The van der Waals surface area contributed by atoms with Crippen molar-refractivity contribution in [3.8, 4) is 17.0 Å². The van der Waals surface area contributed by atoms with Crippen LogP contribution in [0.1, 0.15) is 50.8 Å². The molecule has 2 atom stereocenters. The second kappa shape index (κ2) is 10.5. The summed E-state index contributed by atoms with van der Waals surface area (Å²) in [6, 6.07) is 8.73. The number of aromatic nitrogens is 1. The molecule has 2 aromatic rings. The second-order valence-corrected chi connectivity index (χ2v) is 9.24. The van der Waals surface area contributed by atoms with Gasteiger partial charge in [0.1, 0.15) is 11.6 Å². The first kappa shape index (κ1) is 22.1. The minimum Gasteiger partial charge on any atom is -0.489 e. The zero-order valence-corrected chi connectivity index (χ0v) is 18.7. The summed E-state index contributed by atoms with van der Waals surface area (Å²) < 4.78 is 31.5. The smallest absolute Gasteiger partial charge is 0.173 e. The van der Waals surface area contributed by atoms with Gasteiger partial charge in [0.05, 0.1) is 30.7 Å². The number of aryl methyl sites for hydroxylation is 2. The first-order chi connectivity index (χ1) is 14.0. The molecule has 0 saturated heterocycles. The molecule has 1 aliphatic rings. The summed E-state index contributed by atoms with van der Waals surface area (Å²) in [5.74, 6) is 0.588. The van der Waals surface area contributed by atoms with E-state index in [-0.39, 0.29) is 11.9 Å². The standard InChI is InChI=1S/C23H31FNO3P/c1-5-26-29(27-6-2)20-9-7-8-19(15-20)28-23-13-12-22(25-17(23)4)21-11-10-18(24)14-16(21)3/h10-14,19-20H,5-9,15H2,1-4H3. The van der Waals surface area contributed by atoms with Gasteiger partial charge in [-0.3, -0.25) is 0 Å². The number of nitrogens with zero attached hydrogens (tertiary/aromatic N) is 1. The third kappa shape index (κ3) is 5.75. The molecule has 0 amide bonds. The Morgan fingerprint density at radius 3 is 2.48 bits per heavy atom. The van der Waals surface area contributed by atoms with Crippen LogP contribution in [-0.4, -0.2) is 30.0 Å². The Morgan fingerprint density at radius 1 is 1.07 bits per heavy atom. The summed E-state index contributed by atoms with van der Waals surface area (Å²) in [6.07, 6.45) is 4.39. The Kier molecular flexibility index (Phi) is 7.99. The van der Waals surface area contributed by atoms with Crippen LogP contribution in [0, 0.1) is 19.7 Å². The summed E-state index contributed by atoms with van der Waals surface area (Å²) in [7, 11) is -0.856. The fraction of sp³-hybridized carbons (Fsp3) is 0.522. The summed E-state index contributed by atoms with van der Waals surface area (Å²) in [4.78, 5) is 4.72. The third-order valence-corrected chi connectivity index (χ3v) is 7.30. The van der Waals surface area contributed by atoms with Crippen molar-refractivity contribution < 1.29 is 18.2 Å². The van der Waals surface area contributed by atoms with Crippen molar-refractivity contribution in [3.05, 3.63) is 47.4 Å². The zero-order chi connectivity index (χ0) is 20.8. The summed E-state index contributed by atoms with van der Waals surface area (Å²) >= 11 is 0. The average Bonchev–Trinajstić information content (AvgIpc) is 2.70. The maximum absolute atomic E-state index is 13.4. The van der Waals surface area contributed by atoms with Crippen molar-refractivity contribution >= 4 is 8.38 Å². The molecule has 3 rings (SSSR count). The van der Waals surface area contributed by atoms with E-state index in [0.29, 0.717) is 18.9 Å². The van der Waals surface area contributed by atoms with Gasteiger partial charge in [-0.05, 0) is 89.3 Å². The van der Waals surface area contributed by atoms with E-state index in [2.05, 4.69) is 0 Å². The number of pyridine rings is 1. The highest BCUT2D eigenvalue weighted by atomic mass is 31.2. The third-order valence-electron chi connectivity index (χ3n) is 5.20. The van der Waals surface area contributed by atoms with Gasteiger partial charge < -0.3 is 13.8 Å². The molecule has 1 saturated carbocycles. The molecule has 0 spiro atoms. The number of hydrogen-bond acceptors (Lipinski definition) is 4. The highest BCUT2D eigenvalue weighted by Gasteiger charge is 2.31. The molecule has 1 aliphatic carbocycles. The van der Waals surface area contributed by atoms with Gasteiger partial charge in [0.15, 0.2) is 8.38 Å². The highest BCUT2D eigenvalue weighted by Crippen LogP contribution is 2.50. The van der Waals surface area contributed by atoms with E-state index >= 15 is 0 Å². The molecule has 29 heavy (non-hydrogen) atoms. The molecule has 0 N–H and O–H groups in total. The lowest BCUT2D eigenvalue weighted by molar-refractivity contribution is 0.147. The predicted molar refractivity (Wildman–Crippen MR) is 116 cm³/mol. The van der Waals surface area contributed by atoms with Crippen molar-refractivity contribution in [2.24, 2.45) is 0 Å². The van der Waals surface area contributed by atoms with Crippen LogP contribution in [0.5, 0.6) is 5.75 Å². The molecule has 158 valence electrons. The van der Waals surface area contributed by atoms with E-state index in [1.54, 1.807) is 6.07 Å². The number of ether oxygens (including phenoxy) is 1. The average molecular weight is 419 g/mol. The minimum absolute atomic E-state index is 0.151. The molecule has 0 radical (unpaired) electrons. The van der Waals surface area contributed by atoms with Crippen molar-refractivity contribution in [2.45, 2.75) is 65.1 Å². The Hall–Kier alpha value is -1.55. The number of halogens is 1. The van der Waals surface area contributed by atoms with Crippen LogP contribution >= 0.6 is 8.38 Å². The summed E-state index contributed by atoms with van der Waals surface area (Å²) in [6.45, 7) is 9.26. The van der Waals surface area contributed by atoms with Gasteiger partial charge >= 0.3 is 0 Å². The Morgan fingerprint density at radius 2 is 1.83 bits per heavy atom. The van der Waals surface area contributed by atoms with Crippen LogP contribution < -0.4 is 4.74 Å². The largest absolute Gasteiger partial charge is 0.489 e. The van der Waals surface area contributed by atoms with Crippen LogP contribution in [0.3, 0.4) is 0 Å². The van der Waals surface area contributed by atoms with Crippen LogP contribution in [0.25, 0.3) is 11.3 Å². The number of benzene rings is 1. The van der Waals surface area contributed by atoms with Gasteiger partial charge in [-0.15, -0.1) is 0 Å². The Bertz CT molecular complexity index is 811. The van der Waals surface area contributed by atoms with Gasteiger partial charge in [0.2, 0.25) is 0 Å². The van der Waals surface area contributed by atoms with Gasteiger partial charge in [0.25, 0.3) is 0 Å². The van der Waals surface area contributed by atoms with E-state index in [4.69, 9.17) is 18.8 Å². The first-order valence-corrected chi connectivity index (χ1v) is 11.7. The van der Waals surface area contributed by atoms with Gasteiger partial charge in [0, 0.05) is 11.2 Å². The van der Waals surface area contributed by atoms with Crippen LogP contribution in [0.4, 0.5) is 4.39 Å². The molecule has 6 heteroatoms. The van der Waals surface area contributed by atoms with E-state index in [0.717, 1.165) is 53.9 Å². The van der Waals surface area contributed by atoms with Gasteiger partial charge in [-0.25, -0.2) is 9.37 Å². The maximum Gasteiger partial charge on any atom is 0.173 e. The molecule has 1 heterocycles. The Labute approximate surface area is 174 Å². The SMILES string of the molecule is CCOP(OCC)C1CCCC(Oc2ccc(-c3ccc(F)cc3C)nc2C)C1. The van der Waals surface area contributed by atoms with E-state index in [1.165, 1.54) is 12.1 Å². The lowest BCUT2D eigenvalue weighted by Crippen LogP contribution is -2.28. The lowest BCUT2D eigenvalue weighted by Gasteiger charge is -2.33. The van der Waals surface area contributed by atoms with E-state index in [1.807, 2.05) is 39.8 Å². The molecule has 1 aromatic heterocycles. The molecular weight excluding hydrogens is 388 g/mol. The quantitative estimate of drug-likeness (QED) is 0.453. The Balaban J connectivity index is 1.70. The van der Waals surface area contributed by atoms with Crippen molar-refractivity contribution in [1.82, 2.24) is 4.98 Å². The molecule has 1 fully saturated rings. The van der Waals surface area contributed by atoms with E-state index < -0.39 is 8.38 Å². The van der Waals surface area contributed by atoms with Gasteiger partial charge in [-0.2, -0.15) is 0 Å². The maximum atomic E-state index is 13.4. The molecule has 0 aliphatic heterocycles. The second-order valence-electron chi connectivity index (χ2n) is 7.42. The highest BCUT2D eigenvalue weighted by molar-refractivity contribution is 7.48. The van der Waals surface area contributed by atoms with E-state index in [9.17, 15) is 4.39 Å². The van der Waals surface area contributed by atoms with Gasteiger partial charge in [-0.1, -0.05) is 0 Å². The van der Waals surface area contributed by atoms with Crippen LogP contribution in [0.15, 0.2) is 30.3 Å². The molecule has 4 nitrogen and oxygen atoms in total. The van der Waals surface area contributed by atoms with Crippen molar-refractivity contribution in [2.75, 3.05) is 13.2 Å². The monoisotopic (exact) mass is 419 g/mol. The van der Waals surface area contributed by atoms with Crippen molar-refractivity contribution in [1.29, 1.82) is 0 Å². The normalized spacial score (nSPS) is 19.5. The molecule has 0 bridgehead atoms. The first-order valence-electron chi connectivity index (χ1n) is 10.5. The number of hydrogen-bond donors (Lipinski definition) is 0. The topological polar surface area (TPSA) is 40.6 Å². The summed E-state index contributed by atoms with van der Waals surface area (Å²) in [5, 5.41) is 0. The molecule has 2 unspecified atom stereocenters. The minimum atomic E-state index is -0.856. The fourth-order valence-electron chi connectivity index (χ4n) is 3.84. The van der Waals surface area contributed by atoms with Crippen LogP contribution in [0.2, 0.25) is 0 Å². The zero-order valence-electron chi connectivity index (χ0n) is 17.8. The lowest BCUT2D eigenvalue weighted by atomic mass is 9.97. The summed E-state index contributed by atoms with van der Waals surface area (Å²) in [5.41, 5.74) is 3.92. The molecule has 1 aromatic carbocycles. The number of rotatable bonds is 8. The fourth-order valence-corrected chi connectivity index (χ4v) is 5.64. The predicted octanol–water partition coefficient (Wildman–Crippen LogP) is 6.58.